The average molecular weight is 1320 g/mol. The van der Waals surface area contributed by atoms with Gasteiger partial charge in [-0.05, 0) is 236 Å². The van der Waals surface area contributed by atoms with E-state index in [1.165, 1.54) is 0 Å². The molecule has 0 aromatic rings. The Labute approximate surface area is 457 Å². The lowest BCUT2D eigenvalue weighted by atomic mass is 11.9. The van der Waals surface area contributed by atoms with Crippen LogP contribution in [0.2, 0.25) is 236 Å². The summed E-state index contributed by atoms with van der Waals surface area (Å²) in [6.45, 7) is 74.7. The molecule has 0 aromatic carbocycles. The van der Waals surface area contributed by atoms with E-state index in [0.29, 0.717) is 0 Å². The molecule has 0 heterocycles. The first-order valence-electron chi connectivity index (χ1n) is 24.9. The molecule has 0 saturated carbocycles. The molecule has 0 fully saturated rings. The second-order valence-corrected chi connectivity index (χ2v) is 88.3. The van der Waals surface area contributed by atoms with Gasteiger partial charge in [-0.1, -0.05) is 0 Å². The smallest absolute Gasteiger partial charge is 0.314 e. The summed E-state index contributed by atoms with van der Waals surface area (Å²) >= 11 is 0. The van der Waals surface area contributed by atoms with Gasteiger partial charge < -0.3 is 70.0 Å². The van der Waals surface area contributed by atoms with Crippen LogP contribution in [0, 0.1) is 0 Å². The van der Waals surface area contributed by atoms with Gasteiger partial charge in [0.25, 0.3) is 0 Å². The Bertz CT molecular complexity index is 1560. The van der Waals surface area contributed by atoms with Crippen LogP contribution in [0.5, 0.6) is 0 Å². The summed E-state index contributed by atoms with van der Waals surface area (Å²) in [4.78, 5) is 0. The number of hydrogen-bond donors (Lipinski definition) is 0. The highest BCUT2D eigenvalue weighted by Crippen LogP contribution is 2.33. The molecule has 0 aliphatic carbocycles. The van der Waals surface area contributed by atoms with Crippen LogP contribution < -0.4 is 0 Å². The lowest BCUT2D eigenvalue weighted by molar-refractivity contribution is 0.250. The third-order valence-corrected chi connectivity index (χ3v) is 74.5. The minimum absolute atomic E-state index is 0.900. The van der Waals surface area contributed by atoms with Crippen molar-refractivity contribution in [1.82, 2.24) is 0 Å². The van der Waals surface area contributed by atoms with Gasteiger partial charge in [-0.25, -0.2) is 0 Å². The number of hydrogen-bond acceptors (Lipinski definition) is 17. The van der Waals surface area contributed by atoms with Crippen molar-refractivity contribution in [2.24, 2.45) is 0 Å². The topological polar surface area (TPSA) is 157 Å². The van der Waals surface area contributed by atoms with Gasteiger partial charge in [0, 0.05) is 0 Å². The molecular formula is C36H108O17Si18. The zero-order valence-electron chi connectivity index (χ0n) is 51.9. The summed E-state index contributed by atoms with van der Waals surface area (Å²) in [5, 5.41) is 0. The van der Waals surface area contributed by atoms with Crippen molar-refractivity contribution in [2.45, 2.75) is 236 Å². The second kappa shape index (κ2) is 25.6. The minimum Gasteiger partial charge on any atom is -0.437 e. The van der Waals surface area contributed by atoms with Gasteiger partial charge in [-0.15, -0.1) is 0 Å². The van der Waals surface area contributed by atoms with Crippen LogP contribution in [0.15, 0.2) is 0 Å². The van der Waals surface area contributed by atoms with E-state index < -0.39 is 155 Å². The maximum atomic E-state index is 6.91. The largest absolute Gasteiger partial charge is 0.437 e. The maximum absolute atomic E-state index is 6.91. The Kier molecular flexibility index (Phi) is 26.7. The summed E-state index contributed by atoms with van der Waals surface area (Å²) < 4.78 is 115. The molecule has 0 unspecified atom stereocenters. The fourth-order valence-corrected chi connectivity index (χ4v) is 97.8. The molecule has 0 aliphatic heterocycles. The summed E-state index contributed by atoms with van der Waals surface area (Å²) in [5.41, 5.74) is 0. The van der Waals surface area contributed by atoms with Crippen LogP contribution in [-0.2, 0) is 70.0 Å². The van der Waals surface area contributed by atoms with Crippen molar-refractivity contribution in [3.63, 3.8) is 0 Å². The van der Waals surface area contributed by atoms with Gasteiger partial charge in [0.15, 0.2) is 18.1 Å². The molecule has 35 heteroatoms. The molecular weight excluding hydrogens is 1210 g/mol. The first-order chi connectivity index (χ1) is 30.4. The lowest BCUT2D eigenvalue weighted by Crippen LogP contribution is -2.63. The van der Waals surface area contributed by atoms with Gasteiger partial charge in [0.2, 0.25) is 0 Å². The molecule has 0 amide bonds. The van der Waals surface area contributed by atoms with Crippen molar-refractivity contribution in [3.05, 3.63) is 0 Å². The van der Waals surface area contributed by atoms with Crippen LogP contribution in [0.4, 0.5) is 0 Å². The minimum atomic E-state index is -2.82. The van der Waals surface area contributed by atoms with E-state index in [0.717, 1.165) is 0 Å². The van der Waals surface area contributed by atoms with E-state index in [1.807, 2.05) is 0 Å². The highest BCUT2D eigenvalue weighted by Gasteiger charge is 2.53. The molecule has 0 atom stereocenters. The summed E-state index contributed by atoms with van der Waals surface area (Å²) in [6, 6.07) is 0. The van der Waals surface area contributed by atoms with Gasteiger partial charge in [-0.2, -0.15) is 0 Å². The van der Waals surface area contributed by atoms with E-state index >= 15 is 0 Å². The third kappa shape index (κ3) is 34.9. The summed E-state index contributed by atoms with van der Waals surface area (Å²) in [5.74, 6) is 0. The maximum Gasteiger partial charge on any atom is 0.314 e. The standard InChI is InChI=1S/C36H108O17Si18/c1-54(2)37-56(5,6)39-58(9,10)41-60(13,14)43-62(17,18)45-64(21,22)47-66(25,26)49-68(29,30)51-70(33,34)53-71(35,36)52-69(31,32)50-67(27,28)48-65(23,24)46-63(19,20)44-61(15,16)42-59(11,12)40-57(7,8)38-55(3)4/h1-36H3. The predicted molar refractivity (Wildman–Crippen MR) is 333 cm³/mol. The lowest BCUT2D eigenvalue weighted by Gasteiger charge is -2.45. The van der Waals surface area contributed by atoms with Gasteiger partial charge >= 0.3 is 137 Å². The third-order valence-electron chi connectivity index (χ3n) is 8.27. The molecule has 426 valence electrons. The molecule has 0 spiro atoms. The van der Waals surface area contributed by atoms with E-state index in [-0.39, 0.29) is 0 Å². The molecule has 0 saturated heterocycles. The Morgan fingerprint density at radius 1 is 0.141 bits per heavy atom. The van der Waals surface area contributed by atoms with E-state index in [4.69, 9.17) is 70.0 Å². The monoisotopic (exact) mass is 1320 g/mol. The van der Waals surface area contributed by atoms with Gasteiger partial charge in [0.05, 0.1) is 0 Å². The highest BCUT2D eigenvalue weighted by atomic mass is 28.5. The molecule has 17 nitrogen and oxygen atoms in total. The number of rotatable bonds is 34. The fraction of sp³-hybridized carbons (Fsp3) is 1.00. The molecule has 0 rings (SSSR count). The summed E-state index contributed by atoms with van der Waals surface area (Å²) in [6.07, 6.45) is 0. The first-order valence-corrected chi connectivity index (χ1v) is 74.8. The van der Waals surface area contributed by atoms with Crippen molar-refractivity contribution < 1.29 is 70.0 Å². The van der Waals surface area contributed by atoms with Crippen LogP contribution in [0.1, 0.15) is 0 Å². The first kappa shape index (κ1) is 74.2. The Morgan fingerprint density at radius 2 is 0.211 bits per heavy atom. The van der Waals surface area contributed by atoms with Crippen molar-refractivity contribution in [1.29, 1.82) is 0 Å². The summed E-state index contributed by atoms with van der Waals surface area (Å²) in [7, 11) is -44.9. The zero-order valence-corrected chi connectivity index (χ0v) is 69.9. The predicted octanol–water partition coefficient (Wildman–Crippen LogP) is 13.0. The van der Waals surface area contributed by atoms with E-state index in [2.05, 4.69) is 236 Å². The van der Waals surface area contributed by atoms with Gasteiger partial charge in [0.1, 0.15) is 0 Å². The SMILES string of the molecule is C[Si](C)O[Si](C)(C)O[Si](C)(C)O[Si](C)(C)O[Si](C)(C)O[Si](C)(C)O[Si](C)(C)O[Si](C)(C)O[Si](C)(C)O[Si](C)(C)O[Si](C)(C)O[Si](C)(C)O[Si](C)(C)O[Si](C)(C)O[Si](C)(C)O[Si](C)(C)O[Si](C)(C)O[Si](C)C. The molecule has 0 N–H and O–H groups in total. The molecule has 71 heavy (non-hydrogen) atoms. The van der Waals surface area contributed by atoms with Gasteiger partial charge in [-0.3, -0.25) is 0 Å². The Balaban J connectivity index is 5.75. The van der Waals surface area contributed by atoms with Crippen LogP contribution in [-0.4, -0.2) is 155 Å². The molecule has 0 aliphatic rings. The van der Waals surface area contributed by atoms with Crippen LogP contribution in [0.25, 0.3) is 0 Å². The molecule has 0 bridgehead atoms. The molecule has 2 radical (unpaired) electrons. The Hall–Kier alpha value is 3.22. The zero-order chi connectivity index (χ0) is 57.2. The van der Waals surface area contributed by atoms with Crippen LogP contribution >= 0.6 is 0 Å². The van der Waals surface area contributed by atoms with E-state index in [9.17, 15) is 0 Å². The van der Waals surface area contributed by atoms with Crippen LogP contribution in [0.3, 0.4) is 0 Å². The fourth-order valence-electron chi connectivity index (χ4n) is 10.2. The van der Waals surface area contributed by atoms with Crippen molar-refractivity contribution >= 4 is 155 Å². The quantitative estimate of drug-likeness (QED) is 0.0560. The Morgan fingerprint density at radius 3 is 0.282 bits per heavy atom. The normalized spacial score (nSPS) is 16.0. The van der Waals surface area contributed by atoms with Crippen molar-refractivity contribution in [3.8, 4) is 0 Å². The highest BCUT2D eigenvalue weighted by molar-refractivity contribution is 6.95. The van der Waals surface area contributed by atoms with E-state index in [1.54, 1.807) is 0 Å². The molecule has 0 aromatic heterocycles. The average Bonchev–Trinajstić information content (AvgIpc) is 2.84. The van der Waals surface area contributed by atoms with Crippen molar-refractivity contribution in [2.75, 3.05) is 0 Å². The second-order valence-electron chi connectivity index (χ2n) is 25.9.